The first kappa shape index (κ1) is 21.3. The van der Waals surface area contributed by atoms with Crippen molar-refractivity contribution >= 4 is 16.6 Å². The maximum Gasteiger partial charge on any atom is 0.252 e. The maximum absolute atomic E-state index is 13.0. The summed E-state index contributed by atoms with van der Waals surface area (Å²) in [5, 5.41) is 4.22. The quantitative estimate of drug-likeness (QED) is 0.283. The molecule has 0 spiro atoms. The zero-order valence-electron chi connectivity index (χ0n) is 18.1. The molecule has 0 saturated carbocycles. The van der Waals surface area contributed by atoms with Crippen molar-refractivity contribution in [2.45, 2.75) is 6.54 Å². The van der Waals surface area contributed by atoms with Crippen LogP contribution in [0.25, 0.3) is 10.9 Å². The van der Waals surface area contributed by atoms with E-state index in [4.69, 9.17) is 9.47 Å². The SMILES string of the molecule is O=c1cc(Oc2cccc(NCc3ccc(Oc4ccc(F)cc4)cc3)c2)c2ccccc2[nH]1. The van der Waals surface area contributed by atoms with Crippen LogP contribution in [0.2, 0.25) is 0 Å². The van der Waals surface area contributed by atoms with Crippen LogP contribution < -0.4 is 20.3 Å². The summed E-state index contributed by atoms with van der Waals surface area (Å²) in [5.74, 6) is 2.10. The second kappa shape index (κ2) is 9.50. The molecule has 0 saturated heterocycles. The van der Waals surface area contributed by atoms with E-state index in [-0.39, 0.29) is 11.4 Å². The van der Waals surface area contributed by atoms with Crippen molar-refractivity contribution in [3.63, 3.8) is 0 Å². The Hall–Kier alpha value is -4.58. The van der Waals surface area contributed by atoms with E-state index in [0.717, 1.165) is 22.2 Å². The van der Waals surface area contributed by atoms with Crippen LogP contribution in [0.3, 0.4) is 0 Å². The number of hydrogen-bond acceptors (Lipinski definition) is 4. The van der Waals surface area contributed by atoms with Gasteiger partial charge in [0.1, 0.15) is 28.8 Å². The highest BCUT2D eigenvalue weighted by atomic mass is 19.1. The topological polar surface area (TPSA) is 63.4 Å². The van der Waals surface area contributed by atoms with Gasteiger partial charge >= 0.3 is 0 Å². The highest BCUT2D eigenvalue weighted by molar-refractivity contribution is 5.84. The van der Waals surface area contributed by atoms with Gasteiger partial charge in [-0.05, 0) is 66.2 Å². The van der Waals surface area contributed by atoms with Crippen LogP contribution >= 0.6 is 0 Å². The molecule has 5 rings (SSSR count). The third kappa shape index (κ3) is 5.07. The Morgan fingerprint density at radius 1 is 0.735 bits per heavy atom. The molecule has 0 aliphatic heterocycles. The summed E-state index contributed by atoms with van der Waals surface area (Å²) in [5.41, 5.74) is 2.47. The first-order valence-corrected chi connectivity index (χ1v) is 10.8. The van der Waals surface area contributed by atoms with Gasteiger partial charge in [-0.15, -0.1) is 0 Å². The van der Waals surface area contributed by atoms with Crippen molar-refractivity contribution < 1.29 is 13.9 Å². The number of aromatic nitrogens is 1. The normalized spacial score (nSPS) is 10.7. The first-order chi connectivity index (χ1) is 16.6. The summed E-state index contributed by atoms with van der Waals surface area (Å²) in [7, 11) is 0. The van der Waals surface area contributed by atoms with Crippen molar-refractivity contribution in [1.82, 2.24) is 4.98 Å². The molecule has 1 heterocycles. The molecule has 4 aromatic carbocycles. The lowest BCUT2D eigenvalue weighted by atomic mass is 10.2. The van der Waals surface area contributed by atoms with Crippen LogP contribution in [0.4, 0.5) is 10.1 Å². The molecule has 2 N–H and O–H groups in total. The third-order valence-corrected chi connectivity index (χ3v) is 5.24. The molecular formula is C28H21FN2O3. The lowest BCUT2D eigenvalue weighted by Gasteiger charge is -2.12. The molecule has 6 heteroatoms. The van der Waals surface area contributed by atoms with E-state index >= 15 is 0 Å². The van der Waals surface area contributed by atoms with Crippen molar-refractivity contribution in [1.29, 1.82) is 0 Å². The van der Waals surface area contributed by atoms with Gasteiger partial charge in [0.2, 0.25) is 0 Å². The molecule has 0 unspecified atom stereocenters. The Balaban J connectivity index is 1.24. The Bertz CT molecular complexity index is 1480. The maximum atomic E-state index is 13.0. The molecule has 0 aliphatic carbocycles. The monoisotopic (exact) mass is 452 g/mol. The van der Waals surface area contributed by atoms with Crippen molar-refractivity contribution in [2.24, 2.45) is 0 Å². The average molecular weight is 452 g/mol. The van der Waals surface area contributed by atoms with Gasteiger partial charge in [0, 0.05) is 29.8 Å². The number of halogens is 1. The molecule has 1 aromatic heterocycles. The fourth-order valence-electron chi connectivity index (χ4n) is 3.57. The Morgan fingerprint density at radius 2 is 1.47 bits per heavy atom. The lowest BCUT2D eigenvalue weighted by molar-refractivity contribution is 0.480. The predicted molar refractivity (Wildman–Crippen MR) is 131 cm³/mol. The Morgan fingerprint density at radius 3 is 2.26 bits per heavy atom. The van der Waals surface area contributed by atoms with Crippen LogP contribution in [0.15, 0.2) is 108 Å². The van der Waals surface area contributed by atoms with Crippen molar-refractivity contribution in [3.8, 4) is 23.0 Å². The van der Waals surface area contributed by atoms with E-state index in [1.54, 1.807) is 12.1 Å². The number of ether oxygens (including phenoxy) is 2. The molecule has 0 bridgehead atoms. The van der Waals surface area contributed by atoms with E-state index in [1.165, 1.54) is 18.2 Å². The molecule has 5 nitrogen and oxygen atoms in total. The van der Waals surface area contributed by atoms with Gasteiger partial charge in [-0.25, -0.2) is 4.39 Å². The Labute approximate surface area is 195 Å². The van der Waals surface area contributed by atoms with Crippen molar-refractivity contribution in [2.75, 3.05) is 5.32 Å². The summed E-state index contributed by atoms with van der Waals surface area (Å²) in [6.45, 7) is 0.605. The summed E-state index contributed by atoms with van der Waals surface area (Å²) in [4.78, 5) is 14.8. The number of nitrogens with one attached hydrogen (secondary N) is 2. The third-order valence-electron chi connectivity index (χ3n) is 5.24. The van der Waals surface area contributed by atoms with Crippen LogP contribution in [0.5, 0.6) is 23.0 Å². The van der Waals surface area contributed by atoms with Crippen molar-refractivity contribution in [3.05, 3.63) is 125 Å². The van der Waals surface area contributed by atoms with E-state index < -0.39 is 0 Å². The first-order valence-electron chi connectivity index (χ1n) is 10.8. The van der Waals surface area contributed by atoms with E-state index in [2.05, 4.69) is 10.3 Å². The summed E-state index contributed by atoms with van der Waals surface area (Å²) >= 11 is 0. The van der Waals surface area contributed by atoms with Crippen LogP contribution in [-0.2, 0) is 6.54 Å². The summed E-state index contributed by atoms with van der Waals surface area (Å²) < 4.78 is 24.8. The largest absolute Gasteiger partial charge is 0.457 e. The standard InChI is InChI=1S/C28H21FN2O3/c29-20-10-14-23(15-11-20)33-22-12-8-19(9-13-22)18-30-21-4-3-5-24(16-21)34-27-17-28(32)31-26-7-2-1-6-25(26)27/h1-17,30H,18H2,(H,31,32). The van der Waals surface area contributed by atoms with Gasteiger partial charge < -0.3 is 19.8 Å². The zero-order valence-corrected chi connectivity index (χ0v) is 18.1. The fraction of sp³-hybridized carbons (Fsp3) is 0.0357. The second-order valence-corrected chi connectivity index (χ2v) is 7.73. The minimum Gasteiger partial charge on any atom is -0.457 e. The average Bonchev–Trinajstić information content (AvgIpc) is 2.85. The minimum atomic E-state index is -0.297. The summed E-state index contributed by atoms with van der Waals surface area (Å²) in [6, 6.07) is 30.2. The van der Waals surface area contributed by atoms with E-state index in [1.807, 2.05) is 72.8 Å². The zero-order chi connectivity index (χ0) is 23.3. The number of benzene rings is 4. The fourth-order valence-corrected chi connectivity index (χ4v) is 3.57. The molecule has 34 heavy (non-hydrogen) atoms. The van der Waals surface area contributed by atoms with Gasteiger partial charge in [0.25, 0.3) is 5.56 Å². The van der Waals surface area contributed by atoms with Crippen LogP contribution in [-0.4, -0.2) is 4.98 Å². The molecule has 0 amide bonds. The highest BCUT2D eigenvalue weighted by Crippen LogP contribution is 2.29. The lowest BCUT2D eigenvalue weighted by Crippen LogP contribution is -2.04. The predicted octanol–water partition coefficient (Wildman–Crippen LogP) is 6.86. The number of aromatic amines is 1. The van der Waals surface area contributed by atoms with Crippen LogP contribution in [0.1, 0.15) is 5.56 Å². The van der Waals surface area contributed by atoms with Crippen LogP contribution in [0, 0.1) is 5.82 Å². The number of anilines is 1. The molecule has 0 aliphatic rings. The number of fused-ring (bicyclic) bond motifs is 1. The number of hydrogen-bond donors (Lipinski definition) is 2. The molecule has 0 atom stereocenters. The number of para-hydroxylation sites is 1. The smallest absolute Gasteiger partial charge is 0.252 e. The van der Waals surface area contributed by atoms with E-state index in [9.17, 15) is 9.18 Å². The highest BCUT2D eigenvalue weighted by Gasteiger charge is 2.06. The van der Waals surface area contributed by atoms with Gasteiger partial charge in [0.15, 0.2) is 0 Å². The van der Waals surface area contributed by atoms with Gasteiger partial charge in [-0.2, -0.15) is 0 Å². The molecule has 5 aromatic rings. The molecule has 0 radical (unpaired) electrons. The van der Waals surface area contributed by atoms with Gasteiger partial charge in [-0.1, -0.05) is 30.3 Å². The van der Waals surface area contributed by atoms with Gasteiger partial charge in [0.05, 0.1) is 5.52 Å². The Kier molecular flexibility index (Phi) is 5.95. The number of pyridine rings is 1. The molecular weight excluding hydrogens is 431 g/mol. The summed E-state index contributed by atoms with van der Waals surface area (Å²) in [6.07, 6.45) is 0. The van der Waals surface area contributed by atoms with Gasteiger partial charge in [-0.3, -0.25) is 4.79 Å². The minimum absolute atomic E-state index is 0.213. The second-order valence-electron chi connectivity index (χ2n) is 7.73. The molecule has 0 fully saturated rings. The number of H-pyrrole nitrogens is 1. The van der Waals surface area contributed by atoms with E-state index in [0.29, 0.717) is 29.5 Å². The molecule has 168 valence electrons. The number of rotatable bonds is 7.